The highest BCUT2D eigenvalue weighted by molar-refractivity contribution is 6.02. The van der Waals surface area contributed by atoms with Crippen molar-refractivity contribution >= 4 is 11.6 Å². The highest BCUT2D eigenvalue weighted by atomic mass is 16.5. The number of hydrogen-bond acceptors (Lipinski definition) is 3. The van der Waals surface area contributed by atoms with Gasteiger partial charge < -0.3 is 15.8 Å². The molecular formula is C16H24N2O2. The second-order valence-corrected chi connectivity index (χ2v) is 5.41. The molecule has 1 saturated carbocycles. The van der Waals surface area contributed by atoms with Crippen LogP contribution in [0.2, 0.25) is 0 Å². The summed E-state index contributed by atoms with van der Waals surface area (Å²) in [6.07, 6.45) is 4.60. The fourth-order valence-corrected chi connectivity index (χ4v) is 2.41. The van der Waals surface area contributed by atoms with E-state index in [-0.39, 0.29) is 11.9 Å². The molecule has 1 aliphatic rings. The molecule has 4 heteroatoms. The van der Waals surface area contributed by atoms with E-state index in [2.05, 4.69) is 12.2 Å². The molecule has 3 N–H and O–H groups in total. The Morgan fingerprint density at radius 1 is 1.45 bits per heavy atom. The molecular weight excluding hydrogens is 252 g/mol. The summed E-state index contributed by atoms with van der Waals surface area (Å²) in [5.41, 5.74) is 6.87. The predicted molar refractivity (Wildman–Crippen MR) is 80.9 cm³/mol. The van der Waals surface area contributed by atoms with Gasteiger partial charge in [-0.3, -0.25) is 4.79 Å². The molecule has 0 aromatic heterocycles. The zero-order valence-electron chi connectivity index (χ0n) is 12.3. The largest absolute Gasteiger partial charge is 0.493 e. The van der Waals surface area contributed by atoms with E-state index in [1.807, 2.05) is 6.92 Å². The van der Waals surface area contributed by atoms with E-state index < -0.39 is 0 Å². The van der Waals surface area contributed by atoms with Gasteiger partial charge in [0.2, 0.25) is 0 Å². The number of nitrogens with two attached hydrogens (primary N) is 1. The second kappa shape index (κ2) is 6.64. The lowest BCUT2D eigenvalue weighted by atomic mass is 10.1. The van der Waals surface area contributed by atoms with Crippen molar-refractivity contribution in [2.75, 3.05) is 12.3 Å². The van der Waals surface area contributed by atoms with Crippen LogP contribution < -0.4 is 15.8 Å². The maximum absolute atomic E-state index is 12.5. The van der Waals surface area contributed by atoms with E-state index in [0.717, 1.165) is 18.8 Å². The lowest BCUT2D eigenvalue weighted by Crippen LogP contribution is -2.35. The third-order valence-electron chi connectivity index (χ3n) is 3.73. The Labute approximate surface area is 120 Å². The summed E-state index contributed by atoms with van der Waals surface area (Å²) in [6, 6.07) is 5.55. The highest BCUT2D eigenvalue weighted by Gasteiger charge is 2.26. The first-order chi connectivity index (χ1) is 9.65. The smallest absolute Gasteiger partial charge is 0.257 e. The first-order valence-electron chi connectivity index (χ1n) is 7.47. The second-order valence-electron chi connectivity index (χ2n) is 5.41. The molecule has 0 radical (unpaired) electrons. The van der Waals surface area contributed by atoms with Crippen molar-refractivity contribution in [1.82, 2.24) is 5.32 Å². The molecule has 20 heavy (non-hydrogen) atoms. The number of nitrogens with one attached hydrogen (secondary N) is 1. The van der Waals surface area contributed by atoms with Crippen LogP contribution in [-0.2, 0) is 0 Å². The summed E-state index contributed by atoms with van der Waals surface area (Å²) in [5, 5.41) is 3.10. The number of hydrogen-bond donors (Lipinski definition) is 2. The van der Waals surface area contributed by atoms with Gasteiger partial charge >= 0.3 is 0 Å². The van der Waals surface area contributed by atoms with Gasteiger partial charge in [0.1, 0.15) is 11.3 Å². The van der Waals surface area contributed by atoms with Crippen molar-refractivity contribution in [2.24, 2.45) is 5.92 Å². The molecule has 110 valence electrons. The van der Waals surface area contributed by atoms with E-state index in [9.17, 15) is 4.79 Å². The molecule has 1 aliphatic carbocycles. The van der Waals surface area contributed by atoms with Gasteiger partial charge in [-0.15, -0.1) is 0 Å². The van der Waals surface area contributed by atoms with Crippen LogP contribution in [0.15, 0.2) is 18.2 Å². The molecule has 1 unspecified atom stereocenters. The summed E-state index contributed by atoms with van der Waals surface area (Å²) in [7, 11) is 0. The average molecular weight is 276 g/mol. The molecule has 0 aliphatic heterocycles. The lowest BCUT2D eigenvalue weighted by molar-refractivity contribution is 0.0930. The van der Waals surface area contributed by atoms with Gasteiger partial charge in [-0.25, -0.2) is 0 Å². The third kappa shape index (κ3) is 3.65. The minimum Gasteiger partial charge on any atom is -0.493 e. The van der Waals surface area contributed by atoms with Crippen molar-refractivity contribution in [1.29, 1.82) is 0 Å². The summed E-state index contributed by atoms with van der Waals surface area (Å²) in [4.78, 5) is 12.5. The number of benzene rings is 1. The molecule has 2 rings (SSSR count). The van der Waals surface area contributed by atoms with Crippen LogP contribution in [0.5, 0.6) is 5.75 Å². The van der Waals surface area contributed by atoms with Gasteiger partial charge in [-0.1, -0.05) is 25.8 Å². The normalized spacial score (nSPS) is 15.7. The van der Waals surface area contributed by atoms with Gasteiger partial charge in [0, 0.05) is 11.7 Å². The lowest BCUT2D eigenvalue weighted by Gasteiger charge is -2.19. The first kappa shape index (κ1) is 14.7. The number of amides is 1. The number of carbonyl (C=O) groups excluding carboxylic acids is 1. The Morgan fingerprint density at radius 2 is 2.20 bits per heavy atom. The monoisotopic (exact) mass is 276 g/mol. The van der Waals surface area contributed by atoms with Gasteiger partial charge in [-0.05, 0) is 37.8 Å². The van der Waals surface area contributed by atoms with Crippen molar-refractivity contribution in [3.05, 3.63) is 23.8 Å². The van der Waals surface area contributed by atoms with Crippen LogP contribution in [0.1, 0.15) is 49.9 Å². The SMILES string of the molecule is CCOc1cccc(N)c1C(=O)NC(CC)CC1CC1. The summed E-state index contributed by atoms with van der Waals surface area (Å²) in [6.45, 7) is 4.51. The maximum Gasteiger partial charge on any atom is 0.257 e. The van der Waals surface area contributed by atoms with Crippen LogP contribution in [0.3, 0.4) is 0 Å². The number of carbonyl (C=O) groups is 1. The third-order valence-corrected chi connectivity index (χ3v) is 3.73. The van der Waals surface area contributed by atoms with Crippen LogP contribution in [-0.4, -0.2) is 18.6 Å². The molecule has 1 amide bonds. The standard InChI is InChI=1S/C16H24N2O2/c1-3-12(10-11-8-9-11)18-16(19)15-13(17)6-5-7-14(15)20-4-2/h5-7,11-12H,3-4,8-10,17H2,1-2H3,(H,18,19). The average Bonchev–Trinajstić information content (AvgIpc) is 3.22. The molecule has 4 nitrogen and oxygen atoms in total. The Balaban J connectivity index is 2.10. The first-order valence-corrected chi connectivity index (χ1v) is 7.47. The van der Waals surface area contributed by atoms with Gasteiger partial charge in [0.05, 0.1) is 6.61 Å². The van der Waals surface area contributed by atoms with Crippen LogP contribution in [0.4, 0.5) is 5.69 Å². The van der Waals surface area contributed by atoms with E-state index in [4.69, 9.17) is 10.5 Å². The summed E-state index contributed by atoms with van der Waals surface area (Å²) < 4.78 is 5.51. The highest BCUT2D eigenvalue weighted by Crippen LogP contribution is 2.34. The summed E-state index contributed by atoms with van der Waals surface area (Å²) in [5.74, 6) is 1.23. The van der Waals surface area contributed by atoms with Crippen LogP contribution >= 0.6 is 0 Å². The molecule has 0 heterocycles. The van der Waals surface area contributed by atoms with Crippen molar-refractivity contribution in [2.45, 2.75) is 45.6 Å². The number of ether oxygens (including phenoxy) is 1. The number of anilines is 1. The van der Waals surface area contributed by atoms with Crippen molar-refractivity contribution in [3.63, 3.8) is 0 Å². The van der Waals surface area contributed by atoms with Crippen molar-refractivity contribution < 1.29 is 9.53 Å². The Hall–Kier alpha value is -1.71. The molecule has 1 aromatic carbocycles. The van der Waals surface area contributed by atoms with E-state index in [0.29, 0.717) is 23.6 Å². The maximum atomic E-state index is 12.5. The number of nitrogen functional groups attached to an aromatic ring is 1. The minimum atomic E-state index is -0.126. The van der Waals surface area contributed by atoms with E-state index in [1.54, 1.807) is 18.2 Å². The minimum absolute atomic E-state index is 0.126. The molecule has 1 aromatic rings. The number of rotatable bonds is 7. The Bertz CT molecular complexity index is 470. The zero-order chi connectivity index (χ0) is 14.5. The molecule has 0 bridgehead atoms. The fourth-order valence-electron chi connectivity index (χ4n) is 2.41. The van der Waals surface area contributed by atoms with Gasteiger partial charge in [0.15, 0.2) is 0 Å². The topological polar surface area (TPSA) is 64.3 Å². The van der Waals surface area contributed by atoms with E-state index >= 15 is 0 Å². The van der Waals surface area contributed by atoms with Crippen molar-refractivity contribution in [3.8, 4) is 5.75 Å². The van der Waals surface area contributed by atoms with Gasteiger partial charge in [-0.2, -0.15) is 0 Å². The van der Waals surface area contributed by atoms with Gasteiger partial charge in [0.25, 0.3) is 5.91 Å². The van der Waals surface area contributed by atoms with Crippen LogP contribution in [0.25, 0.3) is 0 Å². The zero-order valence-corrected chi connectivity index (χ0v) is 12.3. The van der Waals surface area contributed by atoms with Crippen LogP contribution in [0, 0.1) is 5.92 Å². The molecule has 1 atom stereocenters. The quantitative estimate of drug-likeness (QED) is 0.752. The fraction of sp³-hybridized carbons (Fsp3) is 0.562. The molecule has 1 fully saturated rings. The molecule has 0 saturated heterocycles. The predicted octanol–water partition coefficient (Wildman–Crippen LogP) is 2.98. The van der Waals surface area contributed by atoms with E-state index in [1.165, 1.54) is 12.8 Å². The Morgan fingerprint density at radius 3 is 2.80 bits per heavy atom. The molecule has 0 spiro atoms. The Kier molecular flexibility index (Phi) is 4.88. The summed E-state index contributed by atoms with van der Waals surface area (Å²) >= 11 is 0.